The molecule has 0 aliphatic carbocycles. The average molecular weight is 187 g/mol. The lowest BCUT2D eigenvalue weighted by atomic mass is 10.2. The van der Waals surface area contributed by atoms with Gasteiger partial charge < -0.3 is 15.5 Å². The van der Waals surface area contributed by atoms with E-state index in [0.717, 1.165) is 10.9 Å². The summed E-state index contributed by atoms with van der Waals surface area (Å²) in [5.41, 5.74) is 6.90. The van der Waals surface area contributed by atoms with Crippen LogP contribution < -0.4 is 10.5 Å². The SMILES string of the molecule is [C-]#[N+]c1c(N)[nH]c2c(OC)cccc12. The zero-order valence-electron chi connectivity index (χ0n) is 7.66. The molecule has 0 saturated heterocycles. The molecule has 0 fully saturated rings. The molecule has 4 heteroatoms. The van der Waals surface area contributed by atoms with Crippen LogP contribution in [0.3, 0.4) is 0 Å². The minimum absolute atomic E-state index is 0.388. The Morgan fingerprint density at radius 2 is 2.29 bits per heavy atom. The number of nitrogen functional groups attached to an aromatic ring is 1. The smallest absolute Gasteiger partial charge is 0.234 e. The van der Waals surface area contributed by atoms with Crippen molar-refractivity contribution in [3.05, 3.63) is 29.6 Å². The fourth-order valence-electron chi connectivity index (χ4n) is 1.49. The van der Waals surface area contributed by atoms with Gasteiger partial charge in [0.2, 0.25) is 5.69 Å². The molecule has 0 spiro atoms. The largest absolute Gasteiger partial charge is 0.495 e. The van der Waals surface area contributed by atoms with Gasteiger partial charge in [0.25, 0.3) is 0 Å². The minimum atomic E-state index is 0.388. The number of benzene rings is 1. The molecular formula is C10H9N3O. The molecule has 3 N–H and O–H groups in total. The zero-order valence-corrected chi connectivity index (χ0v) is 7.66. The van der Waals surface area contributed by atoms with E-state index in [4.69, 9.17) is 17.0 Å². The van der Waals surface area contributed by atoms with Crippen LogP contribution in [0, 0.1) is 6.57 Å². The Labute approximate surface area is 81.1 Å². The van der Waals surface area contributed by atoms with Gasteiger partial charge in [-0.05, 0) is 6.07 Å². The molecule has 0 atom stereocenters. The molecule has 1 aromatic heterocycles. The maximum atomic E-state index is 7.00. The standard InChI is InChI=1S/C10H9N3O/c1-12-9-6-4-3-5-7(14-2)8(6)13-10(9)11/h3-5,13H,11H2,2H3. The summed E-state index contributed by atoms with van der Waals surface area (Å²) in [7, 11) is 1.59. The third-order valence-corrected chi connectivity index (χ3v) is 2.13. The first kappa shape index (κ1) is 8.45. The molecule has 0 unspecified atom stereocenters. The lowest BCUT2D eigenvalue weighted by molar-refractivity contribution is 0.419. The highest BCUT2D eigenvalue weighted by Gasteiger charge is 2.11. The molecule has 0 amide bonds. The van der Waals surface area contributed by atoms with Gasteiger partial charge in [0.15, 0.2) is 0 Å². The first-order valence-electron chi connectivity index (χ1n) is 4.09. The Hall–Kier alpha value is -2.15. The van der Waals surface area contributed by atoms with Gasteiger partial charge in [-0.15, -0.1) is 0 Å². The van der Waals surface area contributed by atoms with Gasteiger partial charge in [-0.2, -0.15) is 0 Å². The first-order chi connectivity index (χ1) is 6.77. The van der Waals surface area contributed by atoms with Crippen molar-refractivity contribution in [2.75, 3.05) is 12.8 Å². The van der Waals surface area contributed by atoms with Crippen molar-refractivity contribution in [2.24, 2.45) is 0 Å². The summed E-state index contributed by atoms with van der Waals surface area (Å²) in [5, 5.41) is 0.803. The number of rotatable bonds is 1. The highest BCUT2D eigenvalue weighted by Crippen LogP contribution is 2.36. The number of para-hydroxylation sites is 1. The molecule has 0 aliphatic heterocycles. The van der Waals surface area contributed by atoms with Gasteiger partial charge in [-0.1, -0.05) is 12.1 Å². The lowest BCUT2D eigenvalue weighted by Crippen LogP contribution is -1.84. The van der Waals surface area contributed by atoms with Crippen LogP contribution in [0.4, 0.5) is 11.5 Å². The van der Waals surface area contributed by atoms with Crippen molar-refractivity contribution in [3.8, 4) is 5.75 Å². The summed E-state index contributed by atoms with van der Waals surface area (Å²) in [6.45, 7) is 7.00. The summed E-state index contributed by atoms with van der Waals surface area (Å²) in [4.78, 5) is 6.31. The van der Waals surface area contributed by atoms with Crippen LogP contribution in [-0.4, -0.2) is 12.1 Å². The van der Waals surface area contributed by atoms with Crippen molar-refractivity contribution in [2.45, 2.75) is 0 Å². The van der Waals surface area contributed by atoms with E-state index >= 15 is 0 Å². The second-order valence-electron chi connectivity index (χ2n) is 2.88. The zero-order chi connectivity index (χ0) is 10.1. The van der Waals surface area contributed by atoms with E-state index in [1.807, 2.05) is 18.2 Å². The highest BCUT2D eigenvalue weighted by atomic mass is 16.5. The van der Waals surface area contributed by atoms with Gasteiger partial charge in [-0.25, -0.2) is 4.85 Å². The number of hydrogen-bond acceptors (Lipinski definition) is 2. The predicted octanol–water partition coefficient (Wildman–Crippen LogP) is 2.31. The molecule has 0 radical (unpaired) electrons. The van der Waals surface area contributed by atoms with E-state index in [1.165, 1.54) is 0 Å². The summed E-state index contributed by atoms with van der Waals surface area (Å²) in [6.07, 6.45) is 0. The maximum Gasteiger partial charge on any atom is 0.234 e. The van der Waals surface area contributed by atoms with Gasteiger partial charge >= 0.3 is 0 Å². The quantitative estimate of drug-likeness (QED) is 0.673. The number of H-pyrrole nitrogens is 1. The van der Waals surface area contributed by atoms with Crippen molar-refractivity contribution in [3.63, 3.8) is 0 Å². The normalized spacial score (nSPS) is 10.0. The van der Waals surface area contributed by atoms with Crippen LogP contribution in [0.15, 0.2) is 18.2 Å². The van der Waals surface area contributed by atoms with Gasteiger partial charge in [-0.3, -0.25) is 0 Å². The Morgan fingerprint density at radius 1 is 1.50 bits per heavy atom. The minimum Gasteiger partial charge on any atom is -0.495 e. The molecule has 2 rings (SSSR count). The van der Waals surface area contributed by atoms with Crippen LogP contribution in [0.25, 0.3) is 15.7 Å². The molecule has 0 bridgehead atoms. The predicted molar refractivity (Wildman–Crippen MR) is 55.5 cm³/mol. The van der Waals surface area contributed by atoms with E-state index in [0.29, 0.717) is 17.3 Å². The van der Waals surface area contributed by atoms with E-state index in [-0.39, 0.29) is 0 Å². The number of fused-ring (bicyclic) bond motifs is 1. The second kappa shape index (κ2) is 2.96. The average Bonchev–Trinajstić information content (AvgIpc) is 2.52. The summed E-state index contributed by atoms with van der Waals surface area (Å²) >= 11 is 0. The second-order valence-corrected chi connectivity index (χ2v) is 2.88. The van der Waals surface area contributed by atoms with E-state index in [9.17, 15) is 0 Å². The number of aromatic amines is 1. The molecular weight excluding hydrogens is 178 g/mol. The fraction of sp³-hybridized carbons (Fsp3) is 0.100. The monoisotopic (exact) mass is 187 g/mol. The molecule has 0 aliphatic rings. The number of nitrogens with two attached hydrogens (primary N) is 1. The van der Waals surface area contributed by atoms with E-state index in [1.54, 1.807) is 7.11 Å². The molecule has 70 valence electrons. The van der Waals surface area contributed by atoms with E-state index < -0.39 is 0 Å². The van der Waals surface area contributed by atoms with Gasteiger partial charge in [0.1, 0.15) is 11.6 Å². The number of methoxy groups -OCH3 is 1. The van der Waals surface area contributed by atoms with Crippen molar-refractivity contribution in [1.29, 1.82) is 0 Å². The van der Waals surface area contributed by atoms with Crippen LogP contribution in [0.5, 0.6) is 5.75 Å². The van der Waals surface area contributed by atoms with Crippen LogP contribution in [0.2, 0.25) is 0 Å². The first-order valence-corrected chi connectivity index (χ1v) is 4.09. The molecule has 1 aromatic carbocycles. The number of ether oxygens (including phenoxy) is 1. The van der Waals surface area contributed by atoms with Crippen LogP contribution in [0.1, 0.15) is 0 Å². The topological polar surface area (TPSA) is 55.4 Å². The Balaban J connectivity index is 2.87. The van der Waals surface area contributed by atoms with Crippen LogP contribution in [-0.2, 0) is 0 Å². The molecule has 2 aromatic rings. The van der Waals surface area contributed by atoms with Crippen molar-refractivity contribution >= 4 is 22.4 Å². The number of anilines is 1. The lowest BCUT2D eigenvalue weighted by Gasteiger charge is -1.99. The van der Waals surface area contributed by atoms with Crippen molar-refractivity contribution in [1.82, 2.24) is 4.98 Å². The molecule has 0 saturated carbocycles. The van der Waals surface area contributed by atoms with E-state index in [2.05, 4.69) is 9.83 Å². The number of hydrogen-bond donors (Lipinski definition) is 2. The summed E-state index contributed by atoms with van der Waals surface area (Å²) in [5.74, 6) is 1.09. The Morgan fingerprint density at radius 3 is 2.93 bits per heavy atom. The van der Waals surface area contributed by atoms with Crippen LogP contribution >= 0.6 is 0 Å². The summed E-state index contributed by atoms with van der Waals surface area (Å²) < 4.78 is 5.15. The Kier molecular flexibility index (Phi) is 1.79. The number of aromatic nitrogens is 1. The Bertz CT molecular complexity index is 522. The van der Waals surface area contributed by atoms with Gasteiger partial charge in [0.05, 0.1) is 19.2 Å². The van der Waals surface area contributed by atoms with Crippen molar-refractivity contribution < 1.29 is 4.74 Å². The molecule has 4 nitrogen and oxygen atoms in total. The highest BCUT2D eigenvalue weighted by molar-refractivity contribution is 6.02. The third kappa shape index (κ3) is 0.995. The maximum absolute atomic E-state index is 7.00. The number of nitrogens with zero attached hydrogens (tertiary/aromatic N) is 1. The van der Waals surface area contributed by atoms with Gasteiger partial charge in [0, 0.05) is 5.39 Å². The summed E-state index contributed by atoms with van der Waals surface area (Å²) in [6, 6.07) is 5.51. The third-order valence-electron chi connectivity index (χ3n) is 2.13. The molecule has 1 heterocycles. The fourth-order valence-corrected chi connectivity index (χ4v) is 1.49. The molecule has 14 heavy (non-hydrogen) atoms. The number of nitrogens with one attached hydrogen (secondary N) is 1.